The van der Waals surface area contributed by atoms with Gasteiger partial charge in [0, 0.05) is 35.8 Å². The van der Waals surface area contributed by atoms with E-state index in [9.17, 15) is 28.4 Å². The maximum atomic E-state index is 15.0. The van der Waals surface area contributed by atoms with Crippen LogP contribution in [0, 0.1) is 23.2 Å². The fraction of sp³-hybridized carbons (Fsp3) is 0.520. The lowest BCUT2D eigenvalue weighted by atomic mass is 9.71. The molecule has 11 heteroatoms. The van der Waals surface area contributed by atoms with Crippen molar-refractivity contribution in [2.75, 3.05) is 13.7 Å². The van der Waals surface area contributed by atoms with E-state index in [1.54, 1.807) is 24.3 Å². The van der Waals surface area contributed by atoms with Crippen LogP contribution in [0.3, 0.4) is 0 Å². The maximum Gasteiger partial charge on any atom is 0.271 e. The molecule has 4 aliphatic rings. The summed E-state index contributed by atoms with van der Waals surface area (Å²) in [6.45, 7) is 0.492. The minimum absolute atomic E-state index is 0.0844. The second kappa shape index (κ2) is 9.08. The van der Waals surface area contributed by atoms with Gasteiger partial charge in [0.25, 0.3) is 11.8 Å². The van der Waals surface area contributed by atoms with Crippen molar-refractivity contribution in [1.82, 2.24) is 20.5 Å². The van der Waals surface area contributed by atoms with Crippen LogP contribution in [0.1, 0.15) is 42.6 Å². The van der Waals surface area contributed by atoms with Gasteiger partial charge in [-0.15, -0.1) is 0 Å². The molecule has 3 N–H and O–H groups in total. The number of hydrogen-bond acceptors (Lipinski definition) is 5. The van der Waals surface area contributed by atoms with E-state index in [4.69, 9.17) is 4.74 Å². The fourth-order valence-corrected chi connectivity index (χ4v) is 5.91. The SMILES string of the molecule is COc1cccc2[nH]c(C(=O)N3[C@@H]4CC[C@H]([C@@H]3C(=O)N[C@H](C#N)C[C@@H]3CCNC3=O)C(F)(F)C4)cc12. The van der Waals surface area contributed by atoms with Gasteiger partial charge in [0.1, 0.15) is 23.5 Å². The van der Waals surface area contributed by atoms with Gasteiger partial charge in [-0.2, -0.15) is 5.26 Å². The van der Waals surface area contributed by atoms with Gasteiger partial charge in [0.2, 0.25) is 11.8 Å². The first-order valence-electron chi connectivity index (χ1n) is 12.1. The number of nitriles is 1. The Morgan fingerprint density at radius 3 is 2.81 bits per heavy atom. The largest absolute Gasteiger partial charge is 0.496 e. The molecule has 0 spiro atoms. The molecule has 2 bridgehead atoms. The van der Waals surface area contributed by atoms with Crippen LogP contribution in [0.2, 0.25) is 0 Å². The van der Waals surface area contributed by atoms with Crippen molar-refractivity contribution in [2.45, 2.75) is 56.2 Å². The first kappa shape index (κ1) is 24.0. The normalized spacial score (nSPS) is 27.4. The zero-order valence-corrected chi connectivity index (χ0v) is 19.7. The van der Waals surface area contributed by atoms with Gasteiger partial charge in [-0.25, -0.2) is 8.78 Å². The van der Waals surface area contributed by atoms with E-state index in [0.717, 1.165) is 0 Å². The zero-order chi connectivity index (χ0) is 25.6. The summed E-state index contributed by atoms with van der Waals surface area (Å²) in [5, 5.41) is 15.5. The van der Waals surface area contributed by atoms with Gasteiger partial charge < -0.3 is 25.3 Å². The van der Waals surface area contributed by atoms with Crippen molar-refractivity contribution < 1.29 is 27.9 Å². The Kier molecular flexibility index (Phi) is 6.06. The fourth-order valence-electron chi connectivity index (χ4n) is 5.91. The monoisotopic (exact) mass is 499 g/mol. The second-order valence-corrected chi connectivity index (χ2v) is 9.77. The lowest BCUT2D eigenvalue weighted by Crippen LogP contribution is -2.68. The molecule has 5 atom stereocenters. The number of fused-ring (bicyclic) bond motifs is 4. The van der Waals surface area contributed by atoms with Crippen LogP contribution < -0.4 is 15.4 Å². The number of aromatic nitrogens is 1. The van der Waals surface area contributed by atoms with Crippen LogP contribution in [-0.4, -0.2) is 65.3 Å². The highest BCUT2D eigenvalue weighted by atomic mass is 19.3. The van der Waals surface area contributed by atoms with Crippen molar-refractivity contribution in [2.24, 2.45) is 11.8 Å². The highest BCUT2D eigenvalue weighted by Crippen LogP contribution is 2.49. The van der Waals surface area contributed by atoms with Crippen molar-refractivity contribution in [3.63, 3.8) is 0 Å². The van der Waals surface area contributed by atoms with Crippen LogP contribution in [0.15, 0.2) is 24.3 Å². The molecule has 4 heterocycles. The molecule has 2 aromatic rings. The summed E-state index contributed by atoms with van der Waals surface area (Å²) in [6, 6.07) is 5.57. The number of carbonyl (C=O) groups is 3. The van der Waals surface area contributed by atoms with Crippen LogP contribution in [0.25, 0.3) is 10.9 Å². The number of alkyl halides is 2. The van der Waals surface area contributed by atoms with Crippen LogP contribution in [-0.2, 0) is 9.59 Å². The minimum atomic E-state index is -3.11. The molecule has 6 rings (SSSR count). The maximum absolute atomic E-state index is 15.0. The molecule has 190 valence electrons. The summed E-state index contributed by atoms with van der Waals surface area (Å²) >= 11 is 0. The van der Waals surface area contributed by atoms with E-state index in [0.29, 0.717) is 36.0 Å². The van der Waals surface area contributed by atoms with E-state index in [-0.39, 0.29) is 24.4 Å². The lowest BCUT2D eigenvalue weighted by Gasteiger charge is -2.53. The Hall–Kier alpha value is -3.68. The van der Waals surface area contributed by atoms with Gasteiger partial charge in [-0.05, 0) is 43.9 Å². The Morgan fingerprint density at radius 1 is 1.33 bits per heavy atom. The summed E-state index contributed by atoms with van der Waals surface area (Å²) in [6.07, 6.45) is 0.570. The predicted octanol–water partition coefficient (Wildman–Crippen LogP) is 2.34. The average molecular weight is 500 g/mol. The number of ether oxygens (including phenoxy) is 1. The van der Waals surface area contributed by atoms with Gasteiger partial charge >= 0.3 is 0 Å². The van der Waals surface area contributed by atoms with Crippen molar-refractivity contribution in [3.8, 4) is 11.8 Å². The highest BCUT2D eigenvalue weighted by molar-refractivity contribution is 6.02. The highest BCUT2D eigenvalue weighted by Gasteiger charge is 2.60. The van der Waals surface area contributed by atoms with E-state index in [1.165, 1.54) is 12.0 Å². The number of carbonyl (C=O) groups excluding carboxylic acids is 3. The number of methoxy groups -OCH3 is 1. The Labute approximate surface area is 206 Å². The molecule has 3 aliphatic heterocycles. The summed E-state index contributed by atoms with van der Waals surface area (Å²) in [7, 11) is 1.51. The first-order valence-corrected chi connectivity index (χ1v) is 12.1. The summed E-state index contributed by atoms with van der Waals surface area (Å²) in [5.41, 5.74) is 0.813. The lowest BCUT2D eigenvalue weighted by molar-refractivity contribution is -0.179. The van der Waals surface area contributed by atoms with E-state index < -0.39 is 54.1 Å². The molecule has 1 aromatic heterocycles. The molecule has 36 heavy (non-hydrogen) atoms. The number of benzene rings is 1. The minimum Gasteiger partial charge on any atom is -0.496 e. The molecule has 3 amide bonds. The standard InChI is InChI=1S/C25H27F2N5O4/c1-36-20-4-2-3-18-16(20)10-19(31-18)24(35)32-15-5-6-17(25(26,27)11-15)21(32)23(34)30-14(12-28)9-13-7-8-29-22(13)33/h2-4,10,13-15,17,21,31H,5-9,11H2,1H3,(H,29,33)(H,30,34)/t13-,14-,15+,17+,21+/m0/s1. The Balaban J connectivity index is 1.43. The second-order valence-electron chi connectivity index (χ2n) is 9.77. The number of nitrogens with one attached hydrogen (secondary N) is 3. The predicted molar refractivity (Wildman–Crippen MR) is 124 cm³/mol. The molecule has 1 aromatic carbocycles. The molecule has 9 nitrogen and oxygen atoms in total. The number of H-pyrrole nitrogens is 1. The van der Waals surface area contributed by atoms with E-state index in [2.05, 4.69) is 15.6 Å². The number of piperidine rings is 2. The van der Waals surface area contributed by atoms with Gasteiger partial charge in [-0.1, -0.05) is 6.07 Å². The van der Waals surface area contributed by atoms with Crippen molar-refractivity contribution in [1.29, 1.82) is 5.26 Å². The quantitative estimate of drug-likeness (QED) is 0.562. The Bertz CT molecular complexity index is 1250. The number of rotatable bonds is 6. The first-order chi connectivity index (χ1) is 17.2. The number of amides is 3. The van der Waals surface area contributed by atoms with E-state index in [1.807, 2.05) is 6.07 Å². The summed E-state index contributed by atoms with van der Waals surface area (Å²) in [5.74, 6) is -5.90. The van der Waals surface area contributed by atoms with Gasteiger partial charge in [0.15, 0.2) is 0 Å². The van der Waals surface area contributed by atoms with Gasteiger partial charge in [0.05, 0.1) is 19.1 Å². The summed E-state index contributed by atoms with van der Waals surface area (Å²) in [4.78, 5) is 43.3. The van der Waals surface area contributed by atoms with Crippen LogP contribution in [0.4, 0.5) is 8.78 Å². The molecule has 1 saturated carbocycles. The molecular formula is C25H27F2N5O4. The van der Waals surface area contributed by atoms with Crippen LogP contribution in [0.5, 0.6) is 5.75 Å². The third-order valence-corrected chi connectivity index (χ3v) is 7.67. The van der Waals surface area contributed by atoms with Gasteiger partial charge in [-0.3, -0.25) is 14.4 Å². The molecule has 1 aliphatic carbocycles. The Morgan fingerprint density at radius 2 is 2.14 bits per heavy atom. The van der Waals surface area contributed by atoms with E-state index >= 15 is 0 Å². The average Bonchev–Trinajstić information content (AvgIpc) is 3.48. The third-order valence-electron chi connectivity index (χ3n) is 7.67. The van der Waals surface area contributed by atoms with Crippen molar-refractivity contribution >= 4 is 28.6 Å². The molecular weight excluding hydrogens is 472 g/mol. The number of halogens is 2. The number of aromatic amines is 1. The number of hydrogen-bond donors (Lipinski definition) is 3. The number of nitrogens with zero attached hydrogens (tertiary/aromatic N) is 2. The summed E-state index contributed by atoms with van der Waals surface area (Å²) < 4.78 is 35.3. The smallest absolute Gasteiger partial charge is 0.271 e. The third kappa shape index (κ3) is 4.04. The molecule has 0 unspecified atom stereocenters. The zero-order valence-electron chi connectivity index (χ0n) is 19.7. The topological polar surface area (TPSA) is 127 Å². The molecule has 0 radical (unpaired) electrons. The van der Waals surface area contributed by atoms with Crippen LogP contribution >= 0.6 is 0 Å². The molecule has 3 saturated heterocycles. The van der Waals surface area contributed by atoms with Crippen molar-refractivity contribution in [3.05, 3.63) is 30.0 Å². The molecule has 4 fully saturated rings.